The summed E-state index contributed by atoms with van der Waals surface area (Å²) >= 11 is 0. The Morgan fingerprint density at radius 1 is 1.22 bits per heavy atom. The molecule has 0 saturated carbocycles. The number of ketones is 1. The molecule has 0 saturated heterocycles. The van der Waals surface area contributed by atoms with Gasteiger partial charge in [0.05, 0.1) is 18.6 Å². The highest BCUT2D eigenvalue weighted by atomic mass is 16.5. The molecule has 0 unspecified atom stereocenters. The van der Waals surface area contributed by atoms with Gasteiger partial charge in [0.25, 0.3) is 0 Å². The normalized spacial score (nSPS) is 18.2. The Balaban J connectivity index is 1.77. The maximum Gasteiger partial charge on any atom is 0.181 e. The number of allylic oxidation sites excluding steroid dienone is 2. The maximum absolute atomic E-state index is 13.5. The third-order valence-corrected chi connectivity index (χ3v) is 5.80. The number of carbonyl (C=O) groups is 1. The molecule has 0 spiro atoms. The van der Waals surface area contributed by atoms with Gasteiger partial charge in [-0.1, -0.05) is 11.6 Å². The number of rotatable bonds is 4. The third kappa shape index (κ3) is 3.81. The lowest BCUT2D eigenvalue weighted by Crippen LogP contribution is -2.29. The minimum absolute atomic E-state index is 0.0898. The van der Waals surface area contributed by atoms with Gasteiger partial charge in [-0.05, 0) is 57.9 Å². The molecule has 0 radical (unpaired) electrons. The van der Waals surface area contributed by atoms with Crippen molar-refractivity contribution in [3.63, 3.8) is 0 Å². The molecular formula is C26H28O6. The molecule has 2 aliphatic rings. The fourth-order valence-corrected chi connectivity index (χ4v) is 4.05. The molecule has 1 atom stereocenters. The Labute approximate surface area is 187 Å². The standard InChI is InChI=1S/C26H28O6/c1-14(2)6-7-15-10-17(20(30-5)11-19(15)27)18-13-31-22-12-21-16(8-9-26(3,4)32-21)24(28)23(22)25(18)29/h6,8-12,18,27-28H,7,13H2,1-5H3/t18-/m0/s1. The highest BCUT2D eigenvalue weighted by Crippen LogP contribution is 2.48. The fraction of sp³-hybridized carbons (Fsp3) is 0.346. The Bertz CT molecular complexity index is 1150. The zero-order valence-electron chi connectivity index (χ0n) is 19.0. The van der Waals surface area contributed by atoms with Gasteiger partial charge in [-0.15, -0.1) is 0 Å². The van der Waals surface area contributed by atoms with Crippen LogP contribution in [0.3, 0.4) is 0 Å². The Kier molecular flexibility index (Phi) is 5.41. The second kappa shape index (κ2) is 7.93. The predicted octanol–water partition coefficient (Wildman–Crippen LogP) is 5.16. The van der Waals surface area contributed by atoms with Crippen LogP contribution < -0.4 is 14.2 Å². The molecule has 2 N–H and O–H groups in total. The van der Waals surface area contributed by atoms with Gasteiger partial charge in [0.15, 0.2) is 5.78 Å². The van der Waals surface area contributed by atoms with Crippen LogP contribution >= 0.6 is 0 Å². The summed E-state index contributed by atoms with van der Waals surface area (Å²) in [5.74, 6) is 0.189. The largest absolute Gasteiger partial charge is 0.508 e. The lowest BCUT2D eigenvalue weighted by Gasteiger charge is -2.31. The van der Waals surface area contributed by atoms with Gasteiger partial charge in [-0.25, -0.2) is 0 Å². The third-order valence-electron chi connectivity index (χ3n) is 5.80. The second-order valence-electron chi connectivity index (χ2n) is 8.99. The van der Waals surface area contributed by atoms with Crippen LogP contribution in [0.2, 0.25) is 0 Å². The van der Waals surface area contributed by atoms with Gasteiger partial charge in [-0.2, -0.15) is 0 Å². The molecule has 0 amide bonds. The van der Waals surface area contributed by atoms with E-state index in [0.717, 1.165) is 5.57 Å². The predicted molar refractivity (Wildman–Crippen MR) is 122 cm³/mol. The van der Waals surface area contributed by atoms with Crippen molar-refractivity contribution in [2.75, 3.05) is 13.7 Å². The minimum Gasteiger partial charge on any atom is -0.508 e. The number of phenols is 2. The van der Waals surface area contributed by atoms with Crippen molar-refractivity contribution in [1.29, 1.82) is 0 Å². The number of aromatic hydroxyl groups is 2. The first-order valence-electron chi connectivity index (χ1n) is 10.6. The fourth-order valence-electron chi connectivity index (χ4n) is 4.05. The van der Waals surface area contributed by atoms with Crippen LogP contribution in [0, 0.1) is 0 Å². The van der Waals surface area contributed by atoms with Gasteiger partial charge in [0.1, 0.15) is 46.5 Å². The average Bonchev–Trinajstić information content (AvgIpc) is 2.72. The molecule has 0 aliphatic carbocycles. The van der Waals surface area contributed by atoms with Crippen molar-refractivity contribution in [1.82, 2.24) is 0 Å². The van der Waals surface area contributed by atoms with Crippen LogP contribution in [0.25, 0.3) is 6.08 Å². The number of fused-ring (bicyclic) bond motifs is 2. The molecule has 168 valence electrons. The highest BCUT2D eigenvalue weighted by molar-refractivity contribution is 6.08. The Hall–Kier alpha value is -3.41. The van der Waals surface area contributed by atoms with Gasteiger partial charge in [0, 0.05) is 17.7 Å². The molecule has 2 aromatic carbocycles. The summed E-state index contributed by atoms with van der Waals surface area (Å²) in [6, 6.07) is 4.97. The van der Waals surface area contributed by atoms with Gasteiger partial charge in [0.2, 0.25) is 0 Å². The van der Waals surface area contributed by atoms with Crippen molar-refractivity contribution in [3.05, 3.63) is 58.2 Å². The molecule has 0 aromatic heterocycles. The number of hydrogen-bond donors (Lipinski definition) is 2. The van der Waals surface area contributed by atoms with Crippen molar-refractivity contribution in [2.24, 2.45) is 0 Å². The number of methoxy groups -OCH3 is 1. The average molecular weight is 437 g/mol. The first-order chi connectivity index (χ1) is 15.1. The van der Waals surface area contributed by atoms with E-state index in [1.54, 1.807) is 18.2 Å². The Morgan fingerprint density at radius 2 is 1.97 bits per heavy atom. The van der Waals surface area contributed by atoms with Gasteiger partial charge in [-0.3, -0.25) is 4.79 Å². The molecule has 32 heavy (non-hydrogen) atoms. The second-order valence-corrected chi connectivity index (χ2v) is 8.99. The van der Waals surface area contributed by atoms with Crippen molar-refractivity contribution < 1.29 is 29.2 Å². The zero-order chi connectivity index (χ0) is 23.2. The minimum atomic E-state index is -0.683. The van der Waals surface area contributed by atoms with E-state index >= 15 is 0 Å². The summed E-state index contributed by atoms with van der Waals surface area (Å²) in [6.07, 6.45) is 6.14. The quantitative estimate of drug-likeness (QED) is 0.644. The van der Waals surface area contributed by atoms with E-state index < -0.39 is 11.5 Å². The summed E-state index contributed by atoms with van der Waals surface area (Å²) in [5, 5.41) is 21.4. The van der Waals surface area contributed by atoms with E-state index in [-0.39, 0.29) is 29.5 Å². The van der Waals surface area contributed by atoms with Crippen LogP contribution in [0.5, 0.6) is 28.7 Å². The number of benzene rings is 2. The van der Waals surface area contributed by atoms with E-state index in [2.05, 4.69) is 0 Å². The van der Waals surface area contributed by atoms with Crippen molar-refractivity contribution in [3.8, 4) is 28.7 Å². The number of hydrogen-bond acceptors (Lipinski definition) is 6. The van der Waals surface area contributed by atoms with E-state index in [0.29, 0.717) is 40.4 Å². The monoisotopic (exact) mass is 436 g/mol. The first-order valence-corrected chi connectivity index (χ1v) is 10.6. The number of ether oxygens (including phenoxy) is 3. The molecule has 0 bridgehead atoms. The molecule has 2 heterocycles. The highest BCUT2D eigenvalue weighted by Gasteiger charge is 2.37. The molecule has 2 aromatic rings. The summed E-state index contributed by atoms with van der Waals surface area (Å²) in [4.78, 5) is 13.5. The van der Waals surface area contributed by atoms with Gasteiger partial charge < -0.3 is 24.4 Å². The molecular weight excluding hydrogens is 408 g/mol. The van der Waals surface area contributed by atoms with E-state index in [1.807, 2.05) is 39.8 Å². The zero-order valence-corrected chi connectivity index (χ0v) is 19.0. The maximum atomic E-state index is 13.5. The lowest BCUT2D eigenvalue weighted by molar-refractivity contribution is 0.0888. The first kappa shape index (κ1) is 21.8. The molecule has 4 rings (SSSR count). The summed E-state index contributed by atoms with van der Waals surface area (Å²) in [5.41, 5.74) is 2.50. The summed E-state index contributed by atoms with van der Waals surface area (Å²) in [6.45, 7) is 7.88. The smallest absolute Gasteiger partial charge is 0.181 e. The van der Waals surface area contributed by atoms with E-state index in [1.165, 1.54) is 13.2 Å². The number of carbonyl (C=O) groups excluding carboxylic acids is 1. The van der Waals surface area contributed by atoms with Crippen molar-refractivity contribution in [2.45, 2.75) is 45.6 Å². The van der Waals surface area contributed by atoms with E-state index in [9.17, 15) is 15.0 Å². The SMILES string of the molecule is COc1cc(O)c(CC=C(C)C)cc1[C@@H]1COc2cc3c(c(O)c2C1=O)C=CC(C)(C)O3. The molecule has 6 nitrogen and oxygen atoms in total. The van der Waals surface area contributed by atoms with Crippen LogP contribution in [0.4, 0.5) is 0 Å². The number of Topliss-reactive ketones (excluding diaryl/α,β-unsaturated/α-hetero) is 1. The van der Waals surface area contributed by atoms with Crippen LogP contribution in [-0.2, 0) is 6.42 Å². The molecule has 2 aliphatic heterocycles. The van der Waals surface area contributed by atoms with Crippen molar-refractivity contribution >= 4 is 11.9 Å². The van der Waals surface area contributed by atoms with E-state index in [4.69, 9.17) is 14.2 Å². The topological polar surface area (TPSA) is 85.2 Å². The number of phenolic OH excluding ortho intramolecular Hbond substituents is 2. The molecule has 0 fully saturated rings. The van der Waals surface area contributed by atoms with Crippen LogP contribution in [-0.4, -0.2) is 35.3 Å². The summed E-state index contributed by atoms with van der Waals surface area (Å²) < 4.78 is 17.3. The molecule has 6 heteroatoms. The van der Waals surface area contributed by atoms with Gasteiger partial charge >= 0.3 is 0 Å². The van der Waals surface area contributed by atoms with Crippen LogP contribution in [0.1, 0.15) is 60.7 Å². The van der Waals surface area contributed by atoms with Crippen LogP contribution in [0.15, 0.2) is 35.9 Å². The lowest BCUT2D eigenvalue weighted by atomic mass is 9.85. The Morgan fingerprint density at radius 3 is 2.66 bits per heavy atom. The summed E-state index contributed by atoms with van der Waals surface area (Å²) in [7, 11) is 1.49.